The molecule has 0 aliphatic heterocycles. The third-order valence-electron chi connectivity index (χ3n) is 1.70. The van der Waals surface area contributed by atoms with Crippen LogP contribution >= 0.6 is 0 Å². The molecule has 0 aromatic heterocycles. The van der Waals surface area contributed by atoms with E-state index in [1.165, 1.54) is 0 Å². The van der Waals surface area contributed by atoms with E-state index >= 15 is 0 Å². The SMILES string of the molecule is CC(C)NC(=O)Nc1ccc(F)c(F)c1F. The van der Waals surface area contributed by atoms with Gasteiger partial charge in [-0.2, -0.15) is 0 Å². The first-order chi connectivity index (χ1) is 7.41. The summed E-state index contributed by atoms with van der Waals surface area (Å²) in [6.07, 6.45) is 0. The van der Waals surface area contributed by atoms with Crippen LogP contribution in [0.2, 0.25) is 0 Å². The molecule has 0 aliphatic rings. The minimum atomic E-state index is -1.61. The maximum atomic E-state index is 13.1. The van der Waals surface area contributed by atoms with Gasteiger partial charge in [-0.25, -0.2) is 18.0 Å². The number of carbonyl (C=O) groups excluding carboxylic acids is 1. The van der Waals surface area contributed by atoms with Crippen LogP contribution in [0, 0.1) is 17.5 Å². The highest BCUT2D eigenvalue weighted by molar-refractivity contribution is 5.89. The summed E-state index contributed by atoms with van der Waals surface area (Å²) < 4.78 is 38.4. The zero-order valence-corrected chi connectivity index (χ0v) is 8.77. The first-order valence-corrected chi connectivity index (χ1v) is 4.63. The van der Waals surface area contributed by atoms with Gasteiger partial charge in [0, 0.05) is 6.04 Å². The summed E-state index contributed by atoms with van der Waals surface area (Å²) in [5.41, 5.74) is -0.406. The maximum absolute atomic E-state index is 13.1. The fraction of sp³-hybridized carbons (Fsp3) is 0.300. The molecule has 3 nitrogen and oxygen atoms in total. The van der Waals surface area contributed by atoms with E-state index in [0.29, 0.717) is 0 Å². The summed E-state index contributed by atoms with van der Waals surface area (Å²) >= 11 is 0. The van der Waals surface area contributed by atoms with Crippen LogP contribution < -0.4 is 10.6 Å². The smallest absolute Gasteiger partial charge is 0.319 e. The van der Waals surface area contributed by atoms with Crippen LogP contribution in [0.5, 0.6) is 0 Å². The predicted octanol–water partition coefficient (Wildman–Crippen LogP) is 2.63. The van der Waals surface area contributed by atoms with E-state index in [1.54, 1.807) is 13.8 Å². The highest BCUT2D eigenvalue weighted by Gasteiger charge is 2.15. The molecule has 0 radical (unpaired) electrons. The molecule has 0 bridgehead atoms. The first kappa shape index (κ1) is 12.4. The van der Waals surface area contributed by atoms with E-state index in [0.717, 1.165) is 12.1 Å². The van der Waals surface area contributed by atoms with Crippen molar-refractivity contribution in [2.75, 3.05) is 5.32 Å². The lowest BCUT2D eigenvalue weighted by Gasteiger charge is -2.10. The quantitative estimate of drug-likeness (QED) is 0.756. The molecule has 0 saturated heterocycles. The molecule has 2 amide bonds. The second kappa shape index (κ2) is 4.87. The van der Waals surface area contributed by atoms with Gasteiger partial charge in [-0.3, -0.25) is 0 Å². The van der Waals surface area contributed by atoms with Gasteiger partial charge in [0.15, 0.2) is 17.5 Å². The van der Waals surface area contributed by atoms with Gasteiger partial charge in [-0.05, 0) is 26.0 Å². The number of carbonyl (C=O) groups is 1. The van der Waals surface area contributed by atoms with Crippen LogP contribution in [0.4, 0.5) is 23.7 Å². The second-order valence-electron chi connectivity index (χ2n) is 3.48. The van der Waals surface area contributed by atoms with E-state index in [2.05, 4.69) is 10.6 Å². The molecule has 1 aromatic carbocycles. The Kier molecular flexibility index (Phi) is 3.76. The lowest BCUT2D eigenvalue weighted by molar-refractivity contribution is 0.250. The van der Waals surface area contributed by atoms with Crippen molar-refractivity contribution in [2.45, 2.75) is 19.9 Å². The molecule has 0 heterocycles. The standard InChI is InChI=1S/C10H11F3N2O/c1-5(2)14-10(16)15-7-4-3-6(11)8(12)9(7)13/h3-5H,1-2H3,(H2,14,15,16). The molecule has 6 heteroatoms. The van der Waals surface area contributed by atoms with Crippen LogP contribution in [-0.4, -0.2) is 12.1 Å². The number of nitrogens with one attached hydrogen (secondary N) is 2. The predicted molar refractivity (Wildman–Crippen MR) is 53.6 cm³/mol. The van der Waals surface area contributed by atoms with Gasteiger partial charge in [0.05, 0.1) is 5.69 Å². The van der Waals surface area contributed by atoms with E-state index in [9.17, 15) is 18.0 Å². The second-order valence-corrected chi connectivity index (χ2v) is 3.48. The van der Waals surface area contributed by atoms with Gasteiger partial charge in [0.25, 0.3) is 0 Å². The van der Waals surface area contributed by atoms with Gasteiger partial charge in [0.2, 0.25) is 0 Å². The van der Waals surface area contributed by atoms with Crippen LogP contribution in [0.25, 0.3) is 0 Å². The number of amides is 2. The van der Waals surface area contributed by atoms with Crippen LogP contribution in [0.1, 0.15) is 13.8 Å². The van der Waals surface area contributed by atoms with Crippen molar-refractivity contribution in [3.8, 4) is 0 Å². The Bertz CT molecular complexity index is 407. The zero-order valence-electron chi connectivity index (χ0n) is 8.77. The summed E-state index contributed by atoms with van der Waals surface area (Å²) in [5.74, 6) is -4.33. The number of anilines is 1. The summed E-state index contributed by atoms with van der Waals surface area (Å²) in [7, 11) is 0. The lowest BCUT2D eigenvalue weighted by Crippen LogP contribution is -2.34. The van der Waals surface area contributed by atoms with E-state index in [4.69, 9.17) is 0 Å². The van der Waals surface area contributed by atoms with E-state index in [-0.39, 0.29) is 6.04 Å². The Morgan fingerprint density at radius 2 is 1.81 bits per heavy atom. The lowest BCUT2D eigenvalue weighted by atomic mass is 10.3. The third-order valence-corrected chi connectivity index (χ3v) is 1.70. The molecule has 2 N–H and O–H groups in total. The topological polar surface area (TPSA) is 41.1 Å². The molecule has 0 saturated carbocycles. The fourth-order valence-corrected chi connectivity index (χ4v) is 1.04. The van der Waals surface area contributed by atoms with Gasteiger partial charge in [-0.1, -0.05) is 0 Å². The highest BCUT2D eigenvalue weighted by Crippen LogP contribution is 2.19. The largest absolute Gasteiger partial charge is 0.336 e. The van der Waals surface area contributed by atoms with Crippen LogP contribution in [0.3, 0.4) is 0 Å². The van der Waals surface area contributed by atoms with Crippen molar-refractivity contribution >= 4 is 11.7 Å². The fourth-order valence-electron chi connectivity index (χ4n) is 1.04. The number of urea groups is 1. The first-order valence-electron chi connectivity index (χ1n) is 4.63. The molecule has 16 heavy (non-hydrogen) atoms. The maximum Gasteiger partial charge on any atom is 0.319 e. The van der Waals surface area contributed by atoms with Crippen molar-refractivity contribution in [1.82, 2.24) is 5.32 Å². The van der Waals surface area contributed by atoms with Gasteiger partial charge >= 0.3 is 6.03 Å². The van der Waals surface area contributed by atoms with E-state index < -0.39 is 29.2 Å². The van der Waals surface area contributed by atoms with Crippen LogP contribution in [-0.2, 0) is 0 Å². The monoisotopic (exact) mass is 232 g/mol. The number of hydrogen-bond donors (Lipinski definition) is 2. The van der Waals surface area contributed by atoms with Crippen LogP contribution in [0.15, 0.2) is 12.1 Å². The molecule has 1 aromatic rings. The van der Waals surface area contributed by atoms with Crippen molar-refractivity contribution in [2.24, 2.45) is 0 Å². The average Bonchev–Trinajstić information content (AvgIpc) is 2.18. The molecular weight excluding hydrogens is 221 g/mol. The summed E-state index contributed by atoms with van der Waals surface area (Å²) in [6.45, 7) is 3.42. The Hall–Kier alpha value is -1.72. The Morgan fingerprint density at radius 3 is 2.38 bits per heavy atom. The minimum absolute atomic E-state index is 0.145. The normalized spacial score (nSPS) is 10.4. The molecular formula is C10H11F3N2O. The Labute approximate surface area is 90.6 Å². The zero-order chi connectivity index (χ0) is 12.3. The molecule has 1 rings (SSSR count). The number of benzene rings is 1. The number of rotatable bonds is 2. The third kappa shape index (κ3) is 2.88. The number of hydrogen-bond acceptors (Lipinski definition) is 1. The summed E-state index contributed by atoms with van der Waals surface area (Å²) in [4.78, 5) is 11.2. The minimum Gasteiger partial charge on any atom is -0.336 e. The molecule has 0 aliphatic carbocycles. The molecule has 88 valence electrons. The van der Waals surface area contributed by atoms with Crippen molar-refractivity contribution < 1.29 is 18.0 Å². The summed E-state index contributed by atoms with van der Waals surface area (Å²) in [6, 6.07) is 0.866. The Morgan fingerprint density at radius 1 is 1.19 bits per heavy atom. The molecule has 0 atom stereocenters. The van der Waals surface area contributed by atoms with Crippen molar-refractivity contribution in [3.63, 3.8) is 0 Å². The average molecular weight is 232 g/mol. The summed E-state index contributed by atoms with van der Waals surface area (Å²) in [5, 5.41) is 4.50. The molecule has 0 fully saturated rings. The highest BCUT2D eigenvalue weighted by atomic mass is 19.2. The van der Waals surface area contributed by atoms with Crippen molar-refractivity contribution in [3.05, 3.63) is 29.6 Å². The number of halogens is 3. The van der Waals surface area contributed by atoms with E-state index in [1.807, 2.05) is 0 Å². The van der Waals surface area contributed by atoms with Gasteiger partial charge < -0.3 is 10.6 Å². The van der Waals surface area contributed by atoms with Gasteiger partial charge in [0.1, 0.15) is 0 Å². The van der Waals surface area contributed by atoms with Gasteiger partial charge in [-0.15, -0.1) is 0 Å². The Balaban J connectivity index is 2.82. The molecule has 0 spiro atoms. The van der Waals surface area contributed by atoms with Crippen molar-refractivity contribution in [1.29, 1.82) is 0 Å². The molecule has 0 unspecified atom stereocenters.